The van der Waals surface area contributed by atoms with Gasteiger partial charge in [0, 0.05) is 17.4 Å². The number of amides is 1. The SMILES string of the molecule is Cc1cnc(O[C@H]2CC[C@H](N(c3cc(C#CC(C)(C)C)sc3C(=O)O)C(=O)[C@H]3CC[C@H](C)CC3)CC2)cn1. The molecule has 4 rings (SSSR count). The fourth-order valence-corrected chi connectivity index (χ4v) is 6.10. The van der Waals surface area contributed by atoms with Gasteiger partial charge in [-0.2, -0.15) is 0 Å². The zero-order chi connectivity index (χ0) is 27.4. The lowest BCUT2D eigenvalue weighted by Crippen LogP contribution is -2.47. The van der Waals surface area contributed by atoms with Crippen molar-refractivity contribution in [1.29, 1.82) is 0 Å². The molecule has 0 spiro atoms. The molecular formula is C30H39N3O4S. The van der Waals surface area contributed by atoms with Gasteiger partial charge < -0.3 is 14.7 Å². The summed E-state index contributed by atoms with van der Waals surface area (Å²) in [7, 11) is 0. The summed E-state index contributed by atoms with van der Waals surface area (Å²) >= 11 is 1.16. The fraction of sp³-hybridized carbons (Fsp3) is 0.600. The molecule has 7 nitrogen and oxygen atoms in total. The lowest BCUT2D eigenvalue weighted by Gasteiger charge is -2.39. The predicted octanol–water partition coefficient (Wildman–Crippen LogP) is 6.49. The quantitative estimate of drug-likeness (QED) is 0.423. The second-order valence-corrected chi connectivity index (χ2v) is 12.9. The second kappa shape index (κ2) is 11.9. The maximum absolute atomic E-state index is 14.1. The van der Waals surface area contributed by atoms with Gasteiger partial charge in [0.15, 0.2) is 0 Å². The van der Waals surface area contributed by atoms with Crippen LogP contribution in [0.15, 0.2) is 18.5 Å². The number of nitrogens with zero attached hydrogens (tertiary/aromatic N) is 3. The first-order chi connectivity index (χ1) is 18.0. The van der Waals surface area contributed by atoms with E-state index in [2.05, 4.69) is 28.7 Å². The molecule has 0 radical (unpaired) electrons. The minimum absolute atomic E-state index is 0.00892. The number of hydrogen-bond acceptors (Lipinski definition) is 6. The van der Waals surface area contributed by atoms with Crippen LogP contribution in [0.25, 0.3) is 0 Å². The van der Waals surface area contributed by atoms with Gasteiger partial charge in [-0.1, -0.05) is 18.8 Å². The Balaban J connectivity index is 1.60. The maximum atomic E-state index is 14.1. The number of carbonyl (C=O) groups is 2. The number of aromatic carboxylic acids is 1. The van der Waals surface area contributed by atoms with E-state index in [4.69, 9.17) is 4.74 Å². The molecule has 1 amide bonds. The average Bonchev–Trinajstić information content (AvgIpc) is 3.30. The third kappa shape index (κ3) is 7.13. The van der Waals surface area contributed by atoms with Crippen LogP contribution >= 0.6 is 11.3 Å². The third-order valence-electron chi connectivity index (χ3n) is 7.38. The van der Waals surface area contributed by atoms with Crippen LogP contribution in [-0.4, -0.2) is 39.1 Å². The summed E-state index contributed by atoms with van der Waals surface area (Å²) in [5.41, 5.74) is 1.13. The Bertz CT molecular complexity index is 1190. The number of aromatic nitrogens is 2. The van der Waals surface area contributed by atoms with E-state index in [-0.39, 0.29) is 34.3 Å². The summed E-state index contributed by atoms with van der Waals surface area (Å²) in [4.78, 5) is 37.7. The van der Waals surface area contributed by atoms with Crippen LogP contribution in [0.5, 0.6) is 5.88 Å². The molecular weight excluding hydrogens is 498 g/mol. The fourth-order valence-electron chi connectivity index (χ4n) is 5.26. The number of carboxylic acid groups (broad SMARTS) is 1. The van der Waals surface area contributed by atoms with E-state index in [9.17, 15) is 14.7 Å². The molecule has 0 aromatic carbocycles. The Morgan fingerprint density at radius 1 is 1.05 bits per heavy atom. The molecule has 2 saturated carbocycles. The van der Waals surface area contributed by atoms with Crippen LogP contribution in [0.1, 0.15) is 99.3 Å². The van der Waals surface area contributed by atoms with Crippen molar-refractivity contribution in [2.24, 2.45) is 17.3 Å². The highest BCUT2D eigenvalue weighted by molar-refractivity contribution is 7.15. The summed E-state index contributed by atoms with van der Waals surface area (Å²) in [5, 5.41) is 10.1. The molecule has 0 aliphatic heterocycles. The van der Waals surface area contributed by atoms with Gasteiger partial charge in [0.25, 0.3) is 0 Å². The summed E-state index contributed by atoms with van der Waals surface area (Å²) in [5.74, 6) is 6.46. The lowest BCUT2D eigenvalue weighted by atomic mass is 9.81. The van der Waals surface area contributed by atoms with Gasteiger partial charge in [0.2, 0.25) is 11.8 Å². The Kier molecular flexibility index (Phi) is 8.77. The average molecular weight is 538 g/mol. The van der Waals surface area contributed by atoms with Crippen molar-refractivity contribution in [3.8, 4) is 17.7 Å². The predicted molar refractivity (Wildman–Crippen MR) is 150 cm³/mol. The summed E-state index contributed by atoms with van der Waals surface area (Å²) < 4.78 is 6.08. The zero-order valence-electron chi connectivity index (χ0n) is 23.1. The standard InChI is InChI=1S/C30H39N3O4S/c1-19-6-8-21(9-7-19)28(34)33(25-16-24(14-15-30(3,4)5)38-27(25)29(35)36)22-10-12-23(13-11-22)37-26-18-31-20(2)17-32-26/h16-19,21-23H,6-13H2,1-5H3,(H,35,36)/t19-,21-,22-,23-. The first kappa shape index (κ1) is 28.1. The first-order valence-electron chi connectivity index (χ1n) is 13.7. The summed E-state index contributed by atoms with van der Waals surface area (Å²) in [6.45, 7) is 10.2. The van der Waals surface area contributed by atoms with Gasteiger partial charge in [-0.3, -0.25) is 9.78 Å². The number of ether oxygens (including phenoxy) is 1. The molecule has 0 unspecified atom stereocenters. The summed E-state index contributed by atoms with van der Waals surface area (Å²) in [6.07, 6.45) is 10.1. The molecule has 2 aromatic heterocycles. The third-order valence-corrected chi connectivity index (χ3v) is 8.41. The van der Waals surface area contributed by atoms with Crippen LogP contribution in [0.2, 0.25) is 0 Å². The molecule has 2 fully saturated rings. The highest BCUT2D eigenvalue weighted by atomic mass is 32.1. The minimum atomic E-state index is -1.01. The number of anilines is 1. The first-order valence-corrected chi connectivity index (χ1v) is 14.5. The molecule has 2 aliphatic rings. The smallest absolute Gasteiger partial charge is 0.348 e. The number of carbonyl (C=O) groups excluding carboxylic acids is 1. The largest absolute Gasteiger partial charge is 0.477 e. The number of hydrogen-bond donors (Lipinski definition) is 1. The van der Waals surface area contributed by atoms with Crippen LogP contribution < -0.4 is 9.64 Å². The van der Waals surface area contributed by atoms with Crippen LogP contribution in [0.3, 0.4) is 0 Å². The molecule has 0 atom stereocenters. The maximum Gasteiger partial charge on any atom is 0.348 e. The van der Waals surface area contributed by atoms with Gasteiger partial charge in [0.05, 0.1) is 28.7 Å². The van der Waals surface area contributed by atoms with E-state index in [1.165, 1.54) is 0 Å². The van der Waals surface area contributed by atoms with Gasteiger partial charge in [-0.15, -0.1) is 11.3 Å². The van der Waals surface area contributed by atoms with Crippen molar-refractivity contribution in [2.75, 3.05) is 4.90 Å². The van der Waals surface area contributed by atoms with Crippen molar-refractivity contribution >= 4 is 28.9 Å². The monoisotopic (exact) mass is 537 g/mol. The van der Waals surface area contributed by atoms with Gasteiger partial charge in [0.1, 0.15) is 11.0 Å². The van der Waals surface area contributed by atoms with Crippen molar-refractivity contribution in [2.45, 2.75) is 98.1 Å². The molecule has 2 heterocycles. The second-order valence-electron chi connectivity index (χ2n) is 11.8. The van der Waals surface area contributed by atoms with E-state index in [1.807, 2.05) is 38.7 Å². The number of aryl methyl sites for hydroxylation is 1. The lowest BCUT2D eigenvalue weighted by molar-refractivity contribution is -0.124. The van der Waals surface area contributed by atoms with Crippen LogP contribution in [0.4, 0.5) is 5.69 Å². The summed E-state index contributed by atoms with van der Waals surface area (Å²) in [6, 6.07) is 1.74. The molecule has 204 valence electrons. The Morgan fingerprint density at radius 3 is 2.32 bits per heavy atom. The molecule has 1 N–H and O–H groups in total. The molecule has 0 bridgehead atoms. The molecule has 2 aromatic rings. The Labute approximate surface area is 230 Å². The van der Waals surface area contributed by atoms with E-state index in [1.54, 1.807) is 12.4 Å². The number of carboxylic acids is 1. The van der Waals surface area contributed by atoms with E-state index >= 15 is 0 Å². The topological polar surface area (TPSA) is 92.6 Å². The zero-order valence-corrected chi connectivity index (χ0v) is 23.9. The van der Waals surface area contributed by atoms with Crippen molar-refractivity contribution in [3.63, 3.8) is 0 Å². The van der Waals surface area contributed by atoms with E-state index in [0.29, 0.717) is 22.4 Å². The number of thiophene rings is 1. The normalized spacial score (nSPS) is 23.7. The minimum Gasteiger partial charge on any atom is -0.477 e. The molecule has 0 saturated heterocycles. The van der Waals surface area contributed by atoms with Gasteiger partial charge >= 0.3 is 5.97 Å². The van der Waals surface area contributed by atoms with E-state index < -0.39 is 5.97 Å². The molecule has 38 heavy (non-hydrogen) atoms. The Morgan fingerprint density at radius 2 is 1.74 bits per heavy atom. The van der Waals surface area contributed by atoms with Gasteiger partial charge in [-0.25, -0.2) is 9.78 Å². The van der Waals surface area contributed by atoms with Crippen molar-refractivity contribution in [1.82, 2.24) is 9.97 Å². The van der Waals surface area contributed by atoms with Crippen LogP contribution in [-0.2, 0) is 4.79 Å². The Hall–Kier alpha value is -2.92. The van der Waals surface area contributed by atoms with E-state index in [0.717, 1.165) is 68.4 Å². The highest BCUT2D eigenvalue weighted by Crippen LogP contribution is 2.39. The number of rotatable bonds is 6. The van der Waals surface area contributed by atoms with Gasteiger partial charge in [-0.05, 0) is 91.0 Å². The molecule has 8 heteroatoms. The van der Waals surface area contributed by atoms with Crippen molar-refractivity contribution < 1.29 is 19.4 Å². The van der Waals surface area contributed by atoms with Crippen LogP contribution in [0, 0.1) is 36.0 Å². The highest BCUT2D eigenvalue weighted by Gasteiger charge is 2.38. The van der Waals surface area contributed by atoms with Crippen molar-refractivity contribution in [3.05, 3.63) is 33.9 Å². The molecule has 2 aliphatic carbocycles.